The lowest BCUT2D eigenvalue weighted by Gasteiger charge is -2.30. The molecule has 1 aromatic carbocycles. The van der Waals surface area contributed by atoms with Crippen LogP contribution in [0.4, 0.5) is 5.69 Å². The monoisotopic (exact) mass is 229 g/mol. The Labute approximate surface area is 103 Å². The second-order valence-electron chi connectivity index (χ2n) is 4.99. The minimum Gasteiger partial charge on any atom is -0.398 e. The highest BCUT2D eigenvalue weighted by Crippen LogP contribution is 2.32. The van der Waals surface area contributed by atoms with Gasteiger partial charge in [0.1, 0.15) is 0 Å². The molecule has 0 unspecified atom stereocenters. The summed E-state index contributed by atoms with van der Waals surface area (Å²) in [5.74, 6) is 0.514. The van der Waals surface area contributed by atoms with Gasteiger partial charge >= 0.3 is 0 Å². The number of aryl methyl sites for hydroxylation is 1. The summed E-state index contributed by atoms with van der Waals surface area (Å²) in [7, 11) is 2.15. The maximum atomic E-state index is 9.20. The van der Waals surface area contributed by atoms with Crippen LogP contribution in [-0.4, -0.2) is 25.0 Å². The molecule has 0 aromatic heterocycles. The third-order valence-electron chi connectivity index (χ3n) is 3.72. The highest BCUT2D eigenvalue weighted by atomic mass is 15.1. The second kappa shape index (κ2) is 4.77. The molecule has 0 spiro atoms. The van der Waals surface area contributed by atoms with E-state index in [4.69, 9.17) is 5.73 Å². The van der Waals surface area contributed by atoms with Crippen molar-refractivity contribution in [3.63, 3.8) is 0 Å². The molecule has 3 nitrogen and oxygen atoms in total. The predicted octanol–water partition coefficient (Wildman–Crippen LogP) is 2.26. The van der Waals surface area contributed by atoms with Crippen molar-refractivity contribution in [2.75, 3.05) is 25.9 Å². The maximum absolute atomic E-state index is 9.20. The molecular weight excluding hydrogens is 210 g/mol. The van der Waals surface area contributed by atoms with E-state index in [2.05, 4.69) is 24.1 Å². The zero-order chi connectivity index (χ0) is 12.4. The van der Waals surface area contributed by atoms with Crippen LogP contribution in [0, 0.1) is 18.3 Å². The van der Waals surface area contributed by atoms with E-state index >= 15 is 0 Å². The van der Waals surface area contributed by atoms with Gasteiger partial charge in [-0.25, -0.2) is 0 Å². The summed E-state index contributed by atoms with van der Waals surface area (Å²) >= 11 is 0. The van der Waals surface area contributed by atoms with Gasteiger partial charge in [-0.05, 0) is 63.0 Å². The molecule has 2 N–H and O–H groups in total. The summed E-state index contributed by atoms with van der Waals surface area (Å²) in [6.07, 6.45) is 2.27. The molecule has 17 heavy (non-hydrogen) atoms. The number of likely N-dealkylation sites (tertiary alicyclic amines) is 1. The van der Waals surface area contributed by atoms with Gasteiger partial charge < -0.3 is 10.6 Å². The van der Waals surface area contributed by atoms with Gasteiger partial charge in [0.15, 0.2) is 0 Å². The smallest absolute Gasteiger partial charge is 0.0995 e. The summed E-state index contributed by atoms with van der Waals surface area (Å²) in [5.41, 5.74) is 9.60. The average molecular weight is 229 g/mol. The van der Waals surface area contributed by atoms with Crippen molar-refractivity contribution in [3.05, 3.63) is 28.8 Å². The predicted molar refractivity (Wildman–Crippen MR) is 69.8 cm³/mol. The first-order valence-corrected chi connectivity index (χ1v) is 6.10. The normalized spacial score (nSPS) is 17.9. The summed E-state index contributed by atoms with van der Waals surface area (Å²) in [6.45, 7) is 4.23. The average Bonchev–Trinajstić information content (AvgIpc) is 2.33. The fourth-order valence-corrected chi connectivity index (χ4v) is 2.50. The second-order valence-corrected chi connectivity index (χ2v) is 4.99. The Morgan fingerprint density at radius 2 is 2.00 bits per heavy atom. The molecule has 0 aliphatic carbocycles. The zero-order valence-corrected chi connectivity index (χ0v) is 10.5. The van der Waals surface area contributed by atoms with Crippen LogP contribution in [0.3, 0.4) is 0 Å². The van der Waals surface area contributed by atoms with Crippen LogP contribution in [-0.2, 0) is 0 Å². The number of hydrogen-bond donors (Lipinski definition) is 1. The highest BCUT2D eigenvalue weighted by Gasteiger charge is 2.21. The number of rotatable bonds is 1. The van der Waals surface area contributed by atoms with Crippen LogP contribution in [0.25, 0.3) is 0 Å². The third-order valence-corrected chi connectivity index (χ3v) is 3.72. The number of nitrogens with two attached hydrogens (primary N) is 1. The lowest BCUT2D eigenvalue weighted by molar-refractivity contribution is 0.255. The van der Waals surface area contributed by atoms with Gasteiger partial charge in [0.05, 0.1) is 11.6 Å². The Bertz CT molecular complexity index is 451. The number of nitriles is 1. The van der Waals surface area contributed by atoms with E-state index in [0.717, 1.165) is 42.7 Å². The van der Waals surface area contributed by atoms with Crippen molar-refractivity contribution < 1.29 is 0 Å². The van der Waals surface area contributed by atoms with Crippen LogP contribution in [0.15, 0.2) is 12.1 Å². The largest absolute Gasteiger partial charge is 0.398 e. The van der Waals surface area contributed by atoms with Crippen molar-refractivity contribution in [1.29, 1.82) is 5.26 Å². The minimum absolute atomic E-state index is 0.514. The van der Waals surface area contributed by atoms with E-state index < -0.39 is 0 Å². The molecule has 2 rings (SSSR count). The van der Waals surface area contributed by atoms with Crippen molar-refractivity contribution in [3.8, 4) is 6.07 Å². The van der Waals surface area contributed by atoms with E-state index in [1.54, 1.807) is 0 Å². The van der Waals surface area contributed by atoms with Gasteiger partial charge in [-0.2, -0.15) is 5.26 Å². The SMILES string of the molecule is Cc1cc(C2CCN(C)CC2)c(C#N)cc1N. The maximum Gasteiger partial charge on any atom is 0.0995 e. The first-order valence-electron chi connectivity index (χ1n) is 6.10. The van der Waals surface area contributed by atoms with Gasteiger partial charge in [0.2, 0.25) is 0 Å². The van der Waals surface area contributed by atoms with E-state index in [0.29, 0.717) is 5.92 Å². The summed E-state index contributed by atoms with van der Waals surface area (Å²) in [4.78, 5) is 2.34. The molecule has 1 saturated heterocycles. The van der Waals surface area contributed by atoms with Crippen molar-refractivity contribution in [1.82, 2.24) is 4.90 Å². The van der Waals surface area contributed by atoms with E-state index in [1.807, 2.05) is 13.0 Å². The number of anilines is 1. The first kappa shape index (κ1) is 11.9. The molecule has 0 amide bonds. The molecule has 0 bridgehead atoms. The van der Waals surface area contributed by atoms with Gasteiger partial charge in [-0.3, -0.25) is 0 Å². The Balaban J connectivity index is 2.32. The summed E-state index contributed by atoms with van der Waals surface area (Å²) in [5, 5.41) is 9.20. The number of benzene rings is 1. The Hall–Kier alpha value is -1.53. The van der Waals surface area contributed by atoms with E-state index in [1.165, 1.54) is 5.56 Å². The Kier molecular flexibility index (Phi) is 3.35. The zero-order valence-electron chi connectivity index (χ0n) is 10.5. The molecule has 1 aromatic rings. The molecule has 0 atom stereocenters. The number of piperidine rings is 1. The van der Waals surface area contributed by atoms with Gasteiger partial charge in [-0.15, -0.1) is 0 Å². The molecule has 1 fully saturated rings. The van der Waals surface area contributed by atoms with Crippen molar-refractivity contribution >= 4 is 5.69 Å². The fraction of sp³-hybridized carbons (Fsp3) is 0.500. The van der Waals surface area contributed by atoms with Crippen molar-refractivity contribution in [2.24, 2.45) is 0 Å². The van der Waals surface area contributed by atoms with Crippen molar-refractivity contribution in [2.45, 2.75) is 25.7 Å². The van der Waals surface area contributed by atoms with Crippen LogP contribution in [0.2, 0.25) is 0 Å². The molecule has 0 radical (unpaired) electrons. The molecule has 0 saturated carbocycles. The lowest BCUT2D eigenvalue weighted by Crippen LogP contribution is -2.29. The molecule has 1 aliphatic heterocycles. The van der Waals surface area contributed by atoms with E-state index in [9.17, 15) is 5.26 Å². The molecular formula is C14H19N3. The molecule has 1 aliphatic rings. The van der Waals surface area contributed by atoms with Gasteiger partial charge in [0, 0.05) is 5.69 Å². The van der Waals surface area contributed by atoms with Crippen LogP contribution in [0.5, 0.6) is 0 Å². The standard InChI is InChI=1S/C14H19N3/c1-10-7-13(12(9-15)8-14(10)16)11-3-5-17(2)6-4-11/h7-8,11H,3-6,16H2,1-2H3. The highest BCUT2D eigenvalue weighted by molar-refractivity contribution is 5.56. The number of nitrogen functional groups attached to an aromatic ring is 1. The molecule has 1 heterocycles. The Morgan fingerprint density at radius 1 is 1.35 bits per heavy atom. The molecule has 3 heteroatoms. The topological polar surface area (TPSA) is 53.0 Å². The van der Waals surface area contributed by atoms with Crippen LogP contribution in [0.1, 0.15) is 35.4 Å². The lowest BCUT2D eigenvalue weighted by atomic mass is 9.85. The fourth-order valence-electron chi connectivity index (χ4n) is 2.50. The number of nitrogens with zero attached hydrogens (tertiary/aromatic N) is 2. The summed E-state index contributed by atoms with van der Waals surface area (Å²) < 4.78 is 0. The van der Waals surface area contributed by atoms with Crippen LogP contribution >= 0.6 is 0 Å². The first-order chi connectivity index (χ1) is 8.11. The molecule has 90 valence electrons. The van der Waals surface area contributed by atoms with Crippen LogP contribution < -0.4 is 5.73 Å². The van der Waals surface area contributed by atoms with E-state index in [-0.39, 0.29) is 0 Å². The van der Waals surface area contributed by atoms with Gasteiger partial charge in [0.25, 0.3) is 0 Å². The quantitative estimate of drug-likeness (QED) is 0.751. The summed E-state index contributed by atoms with van der Waals surface area (Å²) in [6, 6.07) is 6.20. The third kappa shape index (κ3) is 2.42. The number of hydrogen-bond acceptors (Lipinski definition) is 3. The Morgan fingerprint density at radius 3 is 2.59 bits per heavy atom. The van der Waals surface area contributed by atoms with Gasteiger partial charge in [-0.1, -0.05) is 6.07 Å². The minimum atomic E-state index is 0.514.